The molecule has 0 aliphatic carbocycles. The molecular formula is C14H19FO3S. The maximum absolute atomic E-state index is 12.7. The SMILES string of the molecule is OCC1(CSCCCOc2ccc(F)cc2)COC1. The normalized spacial score (nSPS) is 16.9. The minimum atomic E-state index is -0.250. The van der Waals surface area contributed by atoms with Crippen molar-refractivity contribution in [3.8, 4) is 5.75 Å². The van der Waals surface area contributed by atoms with E-state index in [1.54, 1.807) is 12.1 Å². The average Bonchev–Trinajstić information content (AvgIpc) is 2.38. The van der Waals surface area contributed by atoms with Gasteiger partial charge >= 0.3 is 0 Å². The molecule has 1 N–H and O–H groups in total. The third kappa shape index (κ3) is 4.37. The molecule has 0 spiro atoms. The maximum Gasteiger partial charge on any atom is 0.123 e. The molecule has 3 nitrogen and oxygen atoms in total. The van der Waals surface area contributed by atoms with Crippen LogP contribution in [0.1, 0.15) is 6.42 Å². The molecule has 0 bridgehead atoms. The van der Waals surface area contributed by atoms with Crippen molar-refractivity contribution in [2.75, 3.05) is 37.9 Å². The van der Waals surface area contributed by atoms with Gasteiger partial charge in [-0.1, -0.05) is 0 Å². The molecule has 1 fully saturated rings. The minimum Gasteiger partial charge on any atom is -0.494 e. The van der Waals surface area contributed by atoms with Crippen LogP contribution in [0.2, 0.25) is 0 Å². The predicted octanol–water partition coefficient (Wildman–Crippen LogP) is 2.34. The number of hydrogen-bond donors (Lipinski definition) is 1. The Morgan fingerprint density at radius 3 is 2.63 bits per heavy atom. The molecule has 1 saturated heterocycles. The Balaban J connectivity index is 1.54. The zero-order chi connectivity index (χ0) is 13.6. The Morgan fingerprint density at radius 1 is 1.32 bits per heavy atom. The molecular weight excluding hydrogens is 267 g/mol. The second-order valence-electron chi connectivity index (χ2n) is 4.86. The van der Waals surface area contributed by atoms with E-state index in [2.05, 4.69) is 0 Å². The van der Waals surface area contributed by atoms with Crippen LogP contribution in [0, 0.1) is 11.2 Å². The Kier molecular flexibility index (Phi) is 5.48. The molecule has 0 saturated carbocycles. The van der Waals surface area contributed by atoms with Crippen LogP contribution in [0.5, 0.6) is 5.75 Å². The van der Waals surface area contributed by atoms with E-state index < -0.39 is 0 Å². The van der Waals surface area contributed by atoms with Crippen molar-refractivity contribution in [2.24, 2.45) is 5.41 Å². The van der Waals surface area contributed by atoms with Crippen LogP contribution in [0.15, 0.2) is 24.3 Å². The van der Waals surface area contributed by atoms with E-state index in [4.69, 9.17) is 9.47 Å². The Bertz CT molecular complexity index is 373. The molecule has 19 heavy (non-hydrogen) atoms. The summed E-state index contributed by atoms with van der Waals surface area (Å²) in [4.78, 5) is 0. The predicted molar refractivity (Wildman–Crippen MR) is 74.2 cm³/mol. The molecule has 1 heterocycles. The van der Waals surface area contributed by atoms with Crippen molar-refractivity contribution in [3.63, 3.8) is 0 Å². The Labute approximate surface area is 117 Å². The van der Waals surface area contributed by atoms with E-state index in [9.17, 15) is 9.50 Å². The number of aliphatic hydroxyl groups excluding tert-OH is 1. The summed E-state index contributed by atoms with van der Waals surface area (Å²) in [5, 5.41) is 9.26. The number of hydrogen-bond acceptors (Lipinski definition) is 4. The van der Waals surface area contributed by atoms with Gasteiger partial charge in [0.05, 0.1) is 26.4 Å². The summed E-state index contributed by atoms with van der Waals surface area (Å²) in [6, 6.07) is 6.06. The highest BCUT2D eigenvalue weighted by molar-refractivity contribution is 7.99. The first-order valence-electron chi connectivity index (χ1n) is 6.39. The number of ether oxygens (including phenoxy) is 2. The fraction of sp³-hybridized carbons (Fsp3) is 0.571. The smallest absolute Gasteiger partial charge is 0.123 e. The van der Waals surface area contributed by atoms with E-state index in [0.717, 1.165) is 17.9 Å². The van der Waals surface area contributed by atoms with Gasteiger partial charge < -0.3 is 14.6 Å². The van der Waals surface area contributed by atoms with Gasteiger partial charge in [-0.3, -0.25) is 0 Å². The summed E-state index contributed by atoms with van der Waals surface area (Å²) >= 11 is 1.82. The average molecular weight is 286 g/mol. The zero-order valence-corrected chi connectivity index (χ0v) is 11.6. The van der Waals surface area contributed by atoms with Crippen LogP contribution in [-0.2, 0) is 4.74 Å². The maximum atomic E-state index is 12.7. The van der Waals surface area contributed by atoms with Gasteiger partial charge in [0.1, 0.15) is 11.6 Å². The number of benzene rings is 1. The van der Waals surface area contributed by atoms with Gasteiger partial charge in [-0.05, 0) is 36.4 Å². The van der Waals surface area contributed by atoms with Crippen LogP contribution in [-0.4, -0.2) is 43.0 Å². The lowest BCUT2D eigenvalue weighted by Crippen LogP contribution is -2.47. The fourth-order valence-corrected chi connectivity index (χ4v) is 2.94. The van der Waals surface area contributed by atoms with Crippen molar-refractivity contribution in [3.05, 3.63) is 30.1 Å². The lowest BCUT2D eigenvalue weighted by atomic mass is 9.90. The zero-order valence-electron chi connectivity index (χ0n) is 10.8. The summed E-state index contributed by atoms with van der Waals surface area (Å²) in [6.45, 7) is 2.17. The topological polar surface area (TPSA) is 38.7 Å². The molecule has 1 aromatic carbocycles. The summed E-state index contributed by atoms with van der Waals surface area (Å²) in [5.41, 5.74) is -0.0114. The van der Waals surface area contributed by atoms with Gasteiger partial charge in [0.15, 0.2) is 0 Å². The summed E-state index contributed by atoms with van der Waals surface area (Å²) in [7, 11) is 0. The highest BCUT2D eigenvalue weighted by Gasteiger charge is 2.37. The highest BCUT2D eigenvalue weighted by Crippen LogP contribution is 2.31. The molecule has 106 valence electrons. The van der Waals surface area contributed by atoms with E-state index in [0.29, 0.717) is 25.6 Å². The number of halogens is 1. The molecule has 1 aliphatic rings. The van der Waals surface area contributed by atoms with Gasteiger partial charge in [0.2, 0.25) is 0 Å². The quantitative estimate of drug-likeness (QED) is 0.745. The Morgan fingerprint density at radius 2 is 2.05 bits per heavy atom. The molecule has 2 rings (SSSR count). The van der Waals surface area contributed by atoms with E-state index in [1.165, 1.54) is 12.1 Å². The van der Waals surface area contributed by atoms with Crippen LogP contribution < -0.4 is 4.74 Å². The summed E-state index contributed by atoms with van der Waals surface area (Å²) < 4.78 is 23.3. The molecule has 1 aliphatic heterocycles. The van der Waals surface area contributed by atoms with Gasteiger partial charge in [-0.15, -0.1) is 0 Å². The van der Waals surface area contributed by atoms with E-state index >= 15 is 0 Å². The standard InChI is InChI=1S/C14H19FO3S/c15-12-2-4-13(5-3-12)18-6-1-7-19-11-14(8-16)9-17-10-14/h2-5,16H,1,6-11H2. The van der Waals surface area contributed by atoms with Crippen molar-refractivity contribution in [1.29, 1.82) is 0 Å². The van der Waals surface area contributed by atoms with Crippen molar-refractivity contribution in [1.82, 2.24) is 0 Å². The first-order chi connectivity index (χ1) is 9.24. The molecule has 0 unspecified atom stereocenters. The Hall–Kier alpha value is -0.780. The largest absolute Gasteiger partial charge is 0.494 e. The molecule has 1 aromatic rings. The van der Waals surface area contributed by atoms with Crippen molar-refractivity contribution in [2.45, 2.75) is 6.42 Å². The third-order valence-corrected chi connectivity index (χ3v) is 4.47. The van der Waals surface area contributed by atoms with Gasteiger partial charge in [-0.25, -0.2) is 4.39 Å². The van der Waals surface area contributed by atoms with Crippen LogP contribution in [0.4, 0.5) is 4.39 Å². The first kappa shape index (κ1) is 14.6. The summed E-state index contributed by atoms with van der Waals surface area (Å²) in [5.74, 6) is 2.37. The number of rotatable bonds is 8. The molecule has 0 amide bonds. The monoisotopic (exact) mass is 286 g/mol. The van der Waals surface area contributed by atoms with Crippen LogP contribution >= 0.6 is 11.8 Å². The highest BCUT2D eigenvalue weighted by atomic mass is 32.2. The molecule has 0 atom stereocenters. The first-order valence-corrected chi connectivity index (χ1v) is 7.54. The fourth-order valence-electron chi connectivity index (χ4n) is 1.78. The molecule has 0 radical (unpaired) electrons. The van der Waals surface area contributed by atoms with Gasteiger partial charge in [-0.2, -0.15) is 11.8 Å². The minimum absolute atomic E-state index is 0.0114. The van der Waals surface area contributed by atoms with E-state index in [-0.39, 0.29) is 17.8 Å². The van der Waals surface area contributed by atoms with Crippen molar-refractivity contribution < 1.29 is 19.0 Å². The van der Waals surface area contributed by atoms with Gasteiger partial charge in [0.25, 0.3) is 0 Å². The molecule has 5 heteroatoms. The lowest BCUT2D eigenvalue weighted by Gasteiger charge is -2.39. The van der Waals surface area contributed by atoms with Crippen LogP contribution in [0.25, 0.3) is 0 Å². The second-order valence-corrected chi connectivity index (χ2v) is 5.96. The van der Waals surface area contributed by atoms with Crippen molar-refractivity contribution >= 4 is 11.8 Å². The number of aliphatic hydroxyl groups is 1. The second kappa shape index (κ2) is 7.12. The summed E-state index contributed by atoms with van der Waals surface area (Å²) in [6.07, 6.45) is 0.935. The van der Waals surface area contributed by atoms with Crippen LogP contribution in [0.3, 0.4) is 0 Å². The third-order valence-electron chi connectivity index (χ3n) is 3.08. The number of thioether (sulfide) groups is 1. The lowest BCUT2D eigenvalue weighted by molar-refractivity contribution is -0.121. The van der Waals surface area contributed by atoms with Gasteiger partial charge in [0, 0.05) is 11.2 Å². The molecule has 0 aromatic heterocycles. The van der Waals surface area contributed by atoms with E-state index in [1.807, 2.05) is 11.8 Å².